The smallest absolute Gasteiger partial charge is 0.359 e. The first-order valence-corrected chi connectivity index (χ1v) is 8.89. The molecule has 0 bridgehead atoms. The molecule has 7 nitrogen and oxygen atoms in total. The summed E-state index contributed by atoms with van der Waals surface area (Å²) < 4.78 is 11.3. The molecule has 0 spiro atoms. The largest absolute Gasteiger partial charge is 0.465 e. The van der Waals surface area contributed by atoms with Gasteiger partial charge < -0.3 is 9.47 Å². The molecule has 2 aromatic carbocycles. The maximum Gasteiger partial charge on any atom is 0.359 e. The molecule has 144 valence electrons. The highest BCUT2D eigenvalue weighted by molar-refractivity contribution is 6.02. The van der Waals surface area contributed by atoms with Crippen molar-refractivity contribution in [2.45, 2.75) is 26.5 Å². The number of carbonyl (C=O) groups is 2. The number of esters is 2. The molecule has 1 heterocycles. The molecular weight excluding hydrogens is 360 g/mol. The summed E-state index contributed by atoms with van der Waals surface area (Å²) in [5, 5.41) is 5.11. The standard InChI is InChI=1S/C21H20N2O5/c1-3-12-23-19(24)17-7-5-4-6-16(17)18(22-23)21(26)28-13-14-8-10-15(11-9-14)20(25)27-2/h4-11H,3,12-13H2,1-2H3. The monoisotopic (exact) mass is 380 g/mol. The molecule has 0 aliphatic rings. The first-order valence-electron chi connectivity index (χ1n) is 8.89. The number of fused-ring (bicyclic) bond motifs is 1. The first-order chi connectivity index (χ1) is 13.5. The van der Waals surface area contributed by atoms with Gasteiger partial charge >= 0.3 is 11.9 Å². The highest BCUT2D eigenvalue weighted by Crippen LogP contribution is 2.15. The predicted octanol–water partition coefficient (Wildman–Crippen LogP) is 2.95. The lowest BCUT2D eigenvalue weighted by Gasteiger charge is -2.10. The number of benzene rings is 2. The molecule has 0 fully saturated rings. The molecule has 0 saturated heterocycles. The van der Waals surface area contributed by atoms with Gasteiger partial charge in [0.2, 0.25) is 0 Å². The molecule has 0 aliphatic heterocycles. The predicted molar refractivity (Wildman–Crippen MR) is 103 cm³/mol. The minimum atomic E-state index is -0.613. The van der Waals surface area contributed by atoms with Crippen LogP contribution in [0.4, 0.5) is 0 Å². The summed E-state index contributed by atoms with van der Waals surface area (Å²) in [5.41, 5.74) is 1.01. The van der Waals surface area contributed by atoms with Crippen LogP contribution >= 0.6 is 0 Å². The van der Waals surface area contributed by atoms with Gasteiger partial charge in [-0.05, 0) is 30.2 Å². The SMILES string of the molecule is CCCn1nc(C(=O)OCc2ccc(C(=O)OC)cc2)c2ccccc2c1=O. The van der Waals surface area contributed by atoms with Gasteiger partial charge in [-0.2, -0.15) is 5.10 Å². The van der Waals surface area contributed by atoms with Gasteiger partial charge in [0.15, 0.2) is 5.69 Å². The Balaban J connectivity index is 1.84. The van der Waals surface area contributed by atoms with Crippen molar-refractivity contribution in [3.8, 4) is 0 Å². The summed E-state index contributed by atoms with van der Waals surface area (Å²) >= 11 is 0. The number of hydrogen-bond donors (Lipinski definition) is 0. The maximum absolute atomic E-state index is 12.6. The Bertz CT molecular complexity index is 1070. The molecule has 28 heavy (non-hydrogen) atoms. The van der Waals surface area contributed by atoms with Gasteiger partial charge in [-0.1, -0.05) is 37.3 Å². The fourth-order valence-electron chi connectivity index (χ4n) is 2.82. The Morgan fingerprint density at radius 1 is 1.00 bits per heavy atom. The van der Waals surface area contributed by atoms with Gasteiger partial charge in [0.1, 0.15) is 6.61 Å². The molecule has 7 heteroatoms. The van der Waals surface area contributed by atoms with Crippen molar-refractivity contribution >= 4 is 22.7 Å². The van der Waals surface area contributed by atoms with Crippen LogP contribution in [0.25, 0.3) is 10.8 Å². The molecule has 0 amide bonds. The summed E-state index contributed by atoms with van der Waals surface area (Å²) in [6, 6.07) is 13.4. The van der Waals surface area contributed by atoms with E-state index < -0.39 is 11.9 Å². The second kappa shape index (κ2) is 8.47. The van der Waals surface area contributed by atoms with Crippen LogP contribution in [0.15, 0.2) is 53.3 Å². The van der Waals surface area contributed by atoms with E-state index in [-0.39, 0.29) is 17.9 Å². The van der Waals surface area contributed by atoms with Crippen molar-refractivity contribution in [1.29, 1.82) is 0 Å². The number of nitrogens with zero attached hydrogens (tertiary/aromatic N) is 2. The number of aryl methyl sites for hydroxylation is 1. The molecule has 1 aromatic heterocycles. The molecule has 0 atom stereocenters. The topological polar surface area (TPSA) is 87.5 Å². The summed E-state index contributed by atoms with van der Waals surface area (Å²) in [6.45, 7) is 2.36. The molecule has 0 unspecified atom stereocenters. The Hall–Kier alpha value is -3.48. The van der Waals surface area contributed by atoms with E-state index in [1.165, 1.54) is 11.8 Å². The molecular formula is C21H20N2O5. The summed E-state index contributed by atoms with van der Waals surface area (Å²) in [6.07, 6.45) is 0.715. The van der Waals surface area contributed by atoms with Gasteiger partial charge in [0.05, 0.1) is 18.1 Å². The minimum Gasteiger partial charge on any atom is -0.465 e. The Kier molecular flexibility index (Phi) is 5.84. The van der Waals surface area contributed by atoms with E-state index in [1.807, 2.05) is 6.92 Å². The van der Waals surface area contributed by atoms with Crippen LogP contribution < -0.4 is 5.56 Å². The Morgan fingerprint density at radius 3 is 2.32 bits per heavy atom. The van der Waals surface area contributed by atoms with Gasteiger partial charge in [-0.3, -0.25) is 4.79 Å². The zero-order valence-corrected chi connectivity index (χ0v) is 15.7. The molecule has 3 rings (SSSR count). The van der Waals surface area contributed by atoms with Gasteiger partial charge in [0, 0.05) is 11.9 Å². The lowest BCUT2D eigenvalue weighted by molar-refractivity contribution is 0.0464. The highest BCUT2D eigenvalue weighted by Gasteiger charge is 2.18. The molecule has 0 aliphatic carbocycles. The van der Waals surface area contributed by atoms with Crippen LogP contribution in [-0.2, 0) is 22.6 Å². The average Bonchev–Trinajstić information content (AvgIpc) is 2.74. The highest BCUT2D eigenvalue weighted by atomic mass is 16.5. The fraction of sp³-hybridized carbons (Fsp3) is 0.238. The van der Waals surface area contributed by atoms with Crippen LogP contribution in [0.1, 0.15) is 39.8 Å². The van der Waals surface area contributed by atoms with Gasteiger partial charge in [-0.25, -0.2) is 14.3 Å². The quantitative estimate of drug-likeness (QED) is 0.611. The summed E-state index contributed by atoms with van der Waals surface area (Å²) in [5.74, 6) is -1.05. The van der Waals surface area contributed by atoms with Crippen molar-refractivity contribution in [2.24, 2.45) is 0 Å². The normalized spacial score (nSPS) is 10.6. The van der Waals surface area contributed by atoms with Gasteiger partial charge in [-0.15, -0.1) is 0 Å². The van der Waals surface area contributed by atoms with E-state index in [9.17, 15) is 14.4 Å². The van der Waals surface area contributed by atoms with Crippen LogP contribution in [0.3, 0.4) is 0 Å². The van der Waals surface area contributed by atoms with E-state index in [2.05, 4.69) is 9.84 Å². The van der Waals surface area contributed by atoms with E-state index in [1.54, 1.807) is 48.5 Å². The zero-order chi connectivity index (χ0) is 20.1. The van der Waals surface area contributed by atoms with E-state index >= 15 is 0 Å². The lowest BCUT2D eigenvalue weighted by Crippen LogP contribution is -2.26. The van der Waals surface area contributed by atoms with Crippen LogP contribution in [0, 0.1) is 0 Å². The van der Waals surface area contributed by atoms with Gasteiger partial charge in [0.25, 0.3) is 5.56 Å². The van der Waals surface area contributed by atoms with Crippen molar-refractivity contribution in [1.82, 2.24) is 9.78 Å². The van der Waals surface area contributed by atoms with Crippen molar-refractivity contribution in [2.75, 3.05) is 7.11 Å². The lowest BCUT2D eigenvalue weighted by atomic mass is 10.1. The van der Waals surface area contributed by atoms with Crippen molar-refractivity contribution < 1.29 is 19.1 Å². The molecule has 3 aromatic rings. The second-order valence-corrected chi connectivity index (χ2v) is 6.19. The molecule has 0 N–H and O–H groups in total. The average molecular weight is 380 g/mol. The third-order valence-corrected chi connectivity index (χ3v) is 4.24. The first kappa shape index (κ1) is 19.3. The summed E-state index contributed by atoms with van der Waals surface area (Å²) in [4.78, 5) is 36.6. The van der Waals surface area contributed by atoms with E-state index in [4.69, 9.17) is 4.74 Å². The van der Waals surface area contributed by atoms with Crippen LogP contribution in [0.5, 0.6) is 0 Å². The maximum atomic E-state index is 12.6. The Morgan fingerprint density at radius 2 is 1.68 bits per heavy atom. The summed E-state index contributed by atoms with van der Waals surface area (Å²) in [7, 11) is 1.31. The minimum absolute atomic E-state index is 0.0171. The third-order valence-electron chi connectivity index (χ3n) is 4.24. The number of hydrogen-bond acceptors (Lipinski definition) is 6. The fourth-order valence-corrected chi connectivity index (χ4v) is 2.82. The Labute approximate surface area is 161 Å². The molecule has 0 radical (unpaired) electrons. The zero-order valence-electron chi connectivity index (χ0n) is 15.7. The van der Waals surface area contributed by atoms with E-state index in [0.29, 0.717) is 34.9 Å². The second-order valence-electron chi connectivity index (χ2n) is 6.19. The van der Waals surface area contributed by atoms with Crippen molar-refractivity contribution in [3.63, 3.8) is 0 Å². The number of aromatic nitrogens is 2. The van der Waals surface area contributed by atoms with E-state index in [0.717, 1.165) is 0 Å². The van der Waals surface area contributed by atoms with Crippen LogP contribution in [-0.4, -0.2) is 28.8 Å². The van der Waals surface area contributed by atoms with Crippen molar-refractivity contribution in [3.05, 3.63) is 75.7 Å². The van der Waals surface area contributed by atoms with Crippen LogP contribution in [0.2, 0.25) is 0 Å². The number of rotatable bonds is 6. The number of carbonyl (C=O) groups excluding carboxylic acids is 2. The third kappa shape index (κ3) is 3.93. The number of ether oxygens (including phenoxy) is 2. The number of methoxy groups -OCH3 is 1. The molecule has 0 saturated carbocycles.